The van der Waals surface area contributed by atoms with Crippen molar-refractivity contribution in [1.29, 1.82) is 0 Å². The fourth-order valence-electron chi connectivity index (χ4n) is 1.67. The Morgan fingerprint density at radius 2 is 1.83 bits per heavy atom. The third-order valence-electron chi connectivity index (χ3n) is 2.44. The first-order valence-electron chi connectivity index (χ1n) is 6.06. The van der Waals surface area contributed by atoms with E-state index in [0.29, 0.717) is 0 Å². The van der Waals surface area contributed by atoms with Crippen LogP contribution < -0.4 is 15.5 Å². The van der Waals surface area contributed by atoms with Crippen molar-refractivity contribution >= 4 is 17.4 Å². The smallest absolute Gasteiger partial charge is 0.319 e. The molecule has 18 heavy (non-hydrogen) atoms. The van der Waals surface area contributed by atoms with Gasteiger partial charge in [0.2, 0.25) is 0 Å². The minimum Gasteiger partial charge on any atom is -0.377 e. The number of anilines is 2. The summed E-state index contributed by atoms with van der Waals surface area (Å²) in [6, 6.07) is 5.69. The normalized spacial score (nSPS) is 11.0. The molecule has 2 N–H and O–H groups in total. The summed E-state index contributed by atoms with van der Waals surface area (Å²) in [6.07, 6.45) is 0. The number of aryl methyl sites for hydroxylation is 1. The van der Waals surface area contributed by atoms with Crippen LogP contribution in [0.2, 0.25) is 0 Å². The molecule has 1 rings (SSSR count). The molecule has 0 spiro atoms. The highest BCUT2D eigenvalue weighted by Gasteiger charge is 2.13. The molecule has 0 aliphatic rings. The number of rotatable bonds is 2. The van der Waals surface area contributed by atoms with Crippen molar-refractivity contribution in [2.45, 2.75) is 33.2 Å². The van der Waals surface area contributed by atoms with Crippen molar-refractivity contribution < 1.29 is 4.79 Å². The number of carbonyl (C=O) groups is 1. The Bertz CT molecular complexity index is 433. The van der Waals surface area contributed by atoms with Crippen molar-refractivity contribution in [3.63, 3.8) is 0 Å². The molecule has 0 saturated carbocycles. The highest BCUT2D eigenvalue weighted by Crippen LogP contribution is 2.22. The number of urea groups is 1. The van der Waals surface area contributed by atoms with E-state index in [1.54, 1.807) is 0 Å². The molecule has 0 fully saturated rings. The molecule has 0 aliphatic carbocycles. The predicted octanol–water partition coefficient (Wildman–Crippen LogP) is 2.98. The topological polar surface area (TPSA) is 44.4 Å². The first kappa shape index (κ1) is 14.4. The van der Waals surface area contributed by atoms with Gasteiger partial charge in [-0.2, -0.15) is 0 Å². The quantitative estimate of drug-likeness (QED) is 0.846. The number of benzene rings is 1. The zero-order valence-electron chi connectivity index (χ0n) is 12.1. The molecular formula is C14H23N3O. The average Bonchev–Trinajstić information content (AvgIpc) is 2.17. The molecular weight excluding hydrogens is 226 g/mol. The average molecular weight is 249 g/mol. The summed E-state index contributed by atoms with van der Waals surface area (Å²) in [5, 5.41) is 5.71. The van der Waals surface area contributed by atoms with Gasteiger partial charge >= 0.3 is 6.03 Å². The molecule has 1 aromatic carbocycles. The fourth-order valence-corrected chi connectivity index (χ4v) is 1.67. The van der Waals surface area contributed by atoms with Crippen molar-refractivity contribution in [2.75, 3.05) is 24.3 Å². The molecule has 0 atom stereocenters. The standard InChI is InChI=1S/C14H23N3O/c1-10-7-8-11(9-12(10)17(5)6)15-13(18)16-14(2,3)4/h7-9H,1-6H3,(H2,15,16,18). The van der Waals surface area contributed by atoms with Crippen molar-refractivity contribution in [3.05, 3.63) is 23.8 Å². The maximum atomic E-state index is 11.8. The molecule has 0 radical (unpaired) electrons. The van der Waals surface area contributed by atoms with E-state index in [4.69, 9.17) is 0 Å². The lowest BCUT2D eigenvalue weighted by molar-refractivity contribution is 0.244. The number of nitrogens with zero attached hydrogens (tertiary/aromatic N) is 1. The van der Waals surface area contributed by atoms with Crippen LogP contribution in [0.3, 0.4) is 0 Å². The lowest BCUT2D eigenvalue weighted by atomic mass is 10.1. The second-order valence-corrected chi connectivity index (χ2v) is 5.72. The second kappa shape index (κ2) is 5.29. The Labute approximate surface area is 109 Å². The van der Waals surface area contributed by atoms with E-state index in [1.807, 2.05) is 64.9 Å². The van der Waals surface area contributed by atoms with Gasteiger partial charge in [-0.15, -0.1) is 0 Å². The van der Waals surface area contributed by atoms with Gasteiger partial charge in [0.25, 0.3) is 0 Å². The van der Waals surface area contributed by atoms with Crippen LogP contribution in [0, 0.1) is 6.92 Å². The lowest BCUT2D eigenvalue weighted by Gasteiger charge is -2.21. The first-order valence-corrected chi connectivity index (χ1v) is 6.06. The largest absolute Gasteiger partial charge is 0.377 e. The Kier molecular flexibility index (Phi) is 4.22. The Balaban J connectivity index is 2.80. The minimum atomic E-state index is -0.237. The Morgan fingerprint density at radius 1 is 1.22 bits per heavy atom. The van der Waals surface area contributed by atoms with Gasteiger partial charge in [-0.05, 0) is 45.4 Å². The SMILES string of the molecule is Cc1ccc(NC(=O)NC(C)(C)C)cc1N(C)C. The van der Waals surface area contributed by atoms with Gasteiger partial charge < -0.3 is 15.5 Å². The van der Waals surface area contributed by atoms with Crippen LogP contribution in [-0.2, 0) is 0 Å². The van der Waals surface area contributed by atoms with Crippen LogP contribution in [0.15, 0.2) is 18.2 Å². The third kappa shape index (κ3) is 4.28. The second-order valence-electron chi connectivity index (χ2n) is 5.72. The number of nitrogens with one attached hydrogen (secondary N) is 2. The van der Waals surface area contributed by atoms with Gasteiger partial charge in [0.15, 0.2) is 0 Å². The van der Waals surface area contributed by atoms with Crippen LogP contribution in [-0.4, -0.2) is 25.7 Å². The summed E-state index contributed by atoms with van der Waals surface area (Å²) >= 11 is 0. The summed E-state index contributed by atoms with van der Waals surface area (Å²) in [5.41, 5.74) is 2.84. The van der Waals surface area contributed by atoms with Gasteiger partial charge in [-0.1, -0.05) is 6.07 Å². The van der Waals surface area contributed by atoms with E-state index in [2.05, 4.69) is 10.6 Å². The molecule has 0 heterocycles. The van der Waals surface area contributed by atoms with Crippen LogP contribution in [0.25, 0.3) is 0 Å². The molecule has 0 saturated heterocycles. The van der Waals surface area contributed by atoms with E-state index in [-0.39, 0.29) is 11.6 Å². The van der Waals surface area contributed by atoms with Gasteiger partial charge in [0, 0.05) is 31.0 Å². The molecule has 1 aromatic rings. The monoisotopic (exact) mass is 249 g/mol. The number of amides is 2. The molecule has 0 bridgehead atoms. The van der Waals surface area contributed by atoms with Crippen molar-refractivity contribution in [3.8, 4) is 0 Å². The summed E-state index contributed by atoms with van der Waals surface area (Å²) in [4.78, 5) is 13.8. The van der Waals surface area contributed by atoms with Gasteiger partial charge in [-0.3, -0.25) is 0 Å². The Hall–Kier alpha value is -1.71. The van der Waals surface area contributed by atoms with Gasteiger partial charge in [0.05, 0.1) is 0 Å². The van der Waals surface area contributed by atoms with E-state index in [9.17, 15) is 4.79 Å². The van der Waals surface area contributed by atoms with Crippen LogP contribution in [0.4, 0.5) is 16.2 Å². The maximum absolute atomic E-state index is 11.8. The van der Waals surface area contributed by atoms with E-state index >= 15 is 0 Å². The van der Waals surface area contributed by atoms with E-state index in [0.717, 1.165) is 11.4 Å². The van der Waals surface area contributed by atoms with Gasteiger partial charge in [-0.25, -0.2) is 4.79 Å². The molecule has 4 nitrogen and oxygen atoms in total. The zero-order valence-corrected chi connectivity index (χ0v) is 12.1. The van der Waals surface area contributed by atoms with Crippen LogP contribution >= 0.6 is 0 Å². The molecule has 0 aliphatic heterocycles. The molecule has 0 aromatic heterocycles. The zero-order chi connectivity index (χ0) is 13.9. The Morgan fingerprint density at radius 3 is 2.33 bits per heavy atom. The summed E-state index contributed by atoms with van der Waals surface area (Å²) in [7, 11) is 3.97. The number of carbonyl (C=O) groups excluding carboxylic acids is 1. The van der Waals surface area contributed by atoms with Crippen molar-refractivity contribution in [2.24, 2.45) is 0 Å². The number of hydrogen-bond donors (Lipinski definition) is 2. The lowest BCUT2D eigenvalue weighted by Crippen LogP contribution is -2.43. The molecule has 4 heteroatoms. The summed E-state index contributed by atoms with van der Waals surface area (Å²) < 4.78 is 0. The molecule has 2 amide bonds. The van der Waals surface area contributed by atoms with E-state index < -0.39 is 0 Å². The summed E-state index contributed by atoms with van der Waals surface area (Å²) in [6.45, 7) is 7.90. The van der Waals surface area contributed by atoms with Crippen LogP contribution in [0.5, 0.6) is 0 Å². The van der Waals surface area contributed by atoms with Gasteiger partial charge in [0.1, 0.15) is 0 Å². The highest BCUT2D eigenvalue weighted by atomic mass is 16.2. The number of hydrogen-bond acceptors (Lipinski definition) is 2. The fraction of sp³-hybridized carbons (Fsp3) is 0.500. The third-order valence-corrected chi connectivity index (χ3v) is 2.44. The van der Waals surface area contributed by atoms with E-state index in [1.165, 1.54) is 5.56 Å². The highest BCUT2D eigenvalue weighted by molar-refractivity contribution is 5.90. The first-order chi connectivity index (χ1) is 8.19. The molecule has 100 valence electrons. The predicted molar refractivity (Wildman–Crippen MR) is 77.4 cm³/mol. The minimum absolute atomic E-state index is 0.184. The maximum Gasteiger partial charge on any atom is 0.319 e. The summed E-state index contributed by atoms with van der Waals surface area (Å²) in [5.74, 6) is 0. The van der Waals surface area contributed by atoms with Crippen molar-refractivity contribution in [1.82, 2.24) is 5.32 Å². The molecule has 0 unspecified atom stereocenters. The van der Waals surface area contributed by atoms with Crippen LogP contribution in [0.1, 0.15) is 26.3 Å².